The normalized spacial score (nSPS) is 14.1. The van der Waals surface area contributed by atoms with Crippen molar-refractivity contribution in [3.05, 3.63) is 0 Å². The molecule has 62 valence electrons. The number of aliphatic hydroxyl groups is 3. The molecule has 0 heterocycles. The molecule has 0 fully saturated rings. The Hall–Kier alpha value is -0.120. The van der Waals surface area contributed by atoms with Crippen LogP contribution in [0.25, 0.3) is 0 Å². The third kappa shape index (κ3) is 3.15. The highest BCUT2D eigenvalue weighted by molar-refractivity contribution is 4.63. The topological polar surface area (TPSA) is 60.7 Å². The quantitative estimate of drug-likeness (QED) is 0.497. The summed E-state index contributed by atoms with van der Waals surface area (Å²) in [6, 6.07) is 0. The van der Waals surface area contributed by atoms with E-state index in [2.05, 4.69) is 0 Å². The lowest BCUT2D eigenvalue weighted by molar-refractivity contribution is 0.0995. The van der Waals surface area contributed by atoms with E-state index in [1.165, 1.54) is 0 Å². The minimum absolute atomic E-state index is 0.00231. The van der Waals surface area contributed by atoms with Crippen LogP contribution >= 0.6 is 0 Å². The molecule has 0 aromatic carbocycles. The fourth-order valence-corrected chi connectivity index (χ4v) is 0.857. The summed E-state index contributed by atoms with van der Waals surface area (Å²) < 4.78 is 0. The molecule has 0 saturated carbocycles. The van der Waals surface area contributed by atoms with Crippen LogP contribution in [0.4, 0.5) is 0 Å². The molecule has 0 rings (SSSR count). The second kappa shape index (κ2) is 5.65. The molecule has 0 spiro atoms. The first-order chi connectivity index (χ1) is 4.76. The molecule has 0 aromatic rings. The predicted molar refractivity (Wildman–Crippen MR) is 38.5 cm³/mol. The summed E-state index contributed by atoms with van der Waals surface area (Å²) >= 11 is 0. The maximum absolute atomic E-state index is 8.68. The molecule has 0 bridgehead atoms. The SMILES string of the molecule is CC(CCO)C(CO)CO. The van der Waals surface area contributed by atoms with Crippen molar-refractivity contribution < 1.29 is 15.3 Å². The van der Waals surface area contributed by atoms with Crippen LogP contribution in [0, 0.1) is 11.8 Å². The standard InChI is InChI=1S/C7H16O3/c1-6(2-3-8)7(4-9)5-10/h6-10H,2-5H2,1H3. The van der Waals surface area contributed by atoms with E-state index in [1.807, 2.05) is 6.92 Å². The average Bonchev–Trinajstić information content (AvgIpc) is 1.91. The maximum atomic E-state index is 8.68. The summed E-state index contributed by atoms with van der Waals surface area (Å²) in [6.07, 6.45) is 0.645. The summed E-state index contributed by atoms with van der Waals surface area (Å²) in [4.78, 5) is 0. The van der Waals surface area contributed by atoms with Gasteiger partial charge in [-0.25, -0.2) is 0 Å². The minimum atomic E-state index is -0.0767. The summed E-state index contributed by atoms with van der Waals surface area (Å²) in [5, 5.41) is 25.9. The summed E-state index contributed by atoms with van der Waals surface area (Å²) in [6.45, 7) is 2.03. The van der Waals surface area contributed by atoms with Gasteiger partial charge in [0.1, 0.15) is 0 Å². The highest BCUT2D eigenvalue weighted by atomic mass is 16.3. The Bertz CT molecular complexity index is 71.3. The second-order valence-corrected chi connectivity index (χ2v) is 2.61. The van der Waals surface area contributed by atoms with E-state index in [1.54, 1.807) is 0 Å². The van der Waals surface area contributed by atoms with Crippen LogP contribution in [0.2, 0.25) is 0 Å². The van der Waals surface area contributed by atoms with Crippen LogP contribution < -0.4 is 0 Å². The second-order valence-electron chi connectivity index (χ2n) is 2.61. The Labute approximate surface area is 61.3 Å². The van der Waals surface area contributed by atoms with Gasteiger partial charge in [0.15, 0.2) is 0 Å². The lowest BCUT2D eigenvalue weighted by Crippen LogP contribution is -2.20. The Morgan fingerprint density at radius 1 is 1.10 bits per heavy atom. The van der Waals surface area contributed by atoms with E-state index in [0.29, 0.717) is 6.42 Å². The van der Waals surface area contributed by atoms with E-state index in [-0.39, 0.29) is 31.7 Å². The highest BCUT2D eigenvalue weighted by Gasteiger charge is 2.13. The van der Waals surface area contributed by atoms with E-state index in [0.717, 1.165) is 0 Å². The summed E-state index contributed by atoms with van der Waals surface area (Å²) in [5.41, 5.74) is 0. The lowest BCUT2D eigenvalue weighted by Gasteiger charge is -2.17. The van der Waals surface area contributed by atoms with Crippen molar-refractivity contribution in [3.8, 4) is 0 Å². The molecular weight excluding hydrogens is 132 g/mol. The maximum Gasteiger partial charge on any atom is 0.0483 e. The van der Waals surface area contributed by atoms with Crippen LogP contribution in [-0.2, 0) is 0 Å². The van der Waals surface area contributed by atoms with Gasteiger partial charge in [-0.1, -0.05) is 6.92 Å². The van der Waals surface area contributed by atoms with Gasteiger partial charge in [0.25, 0.3) is 0 Å². The molecule has 10 heavy (non-hydrogen) atoms. The van der Waals surface area contributed by atoms with Gasteiger partial charge in [-0.05, 0) is 12.3 Å². The Kier molecular flexibility index (Phi) is 5.58. The smallest absolute Gasteiger partial charge is 0.0483 e. The van der Waals surface area contributed by atoms with Crippen LogP contribution in [0.15, 0.2) is 0 Å². The molecule has 3 nitrogen and oxygen atoms in total. The van der Waals surface area contributed by atoms with Crippen molar-refractivity contribution in [1.82, 2.24) is 0 Å². The summed E-state index contributed by atoms with van der Waals surface area (Å²) in [7, 11) is 0. The Balaban J connectivity index is 3.53. The van der Waals surface area contributed by atoms with Crippen molar-refractivity contribution in [2.75, 3.05) is 19.8 Å². The van der Waals surface area contributed by atoms with Crippen molar-refractivity contribution in [2.45, 2.75) is 13.3 Å². The monoisotopic (exact) mass is 148 g/mol. The molecule has 0 aromatic heterocycles. The number of aliphatic hydroxyl groups excluding tert-OH is 3. The van der Waals surface area contributed by atoms with Crippen molar-refractivity contribution in [2.24, 2.45) is 11.8 Å². The van der Waals surface area contributed by atoms with Gasteiger partial charge >= 0.3 is 0 Å². The zero-order valence-corrected chi connectivity index (χ0v) is 6.32. The number of rotatable bonds is 5. The first-order valence-corrected chi connectivity index (χ1v) is 3.58. The third-order valence-electron chi connectivity index (χ3n) is 1.86. The van der Waals surface area contributed by atoms with Gasteiger partial charge < -0.3 is 15.3 Å². The van der Waals surface area contributed by atoms with Crippen LogP contribution in [-0.4, -0.2) is 35.1 Å². The van der Waals surface area contributed by atoms with Gasteiger partial charge in [0.05, 0.1) is 0 Å². The molecule has 3 N–H and O–H groups in total. The molecule has 0 amide bonds. The van der Waals surface area contributed by atoms with E-state index in [9.17, 15) is 0 Å². The zero-order valence-electron chi connectivity index (χ0n) is 6.32. The summed E-state index contributed by atoms with van der Waals surface area (Å²) in [5.74, 6) is 0.118. The van der Waals surface area contributed by atoms with Crippen molar-refractivity contribution in [3.63, 3.8) is 0 Å². The molecule has 3 heteroatoms. The first-order valence-electron chi connectivity index (χ1n) is 3.58. The lowest BCUT2D eigenvalue weighted by atomic mass is 9.93. The number of hydrogen-bond donors (Lipinski definition) is 3. The van der Waals surface area contributed by atoms with Gasteiger partial charge in [0.2, 0.25) is 0 Å². The largest absolute Gasteiger partial charge is 0.396 e. The molecule has 0 aliphatic heterocycles. The fourth-order valence-electron chi connectivity index (χ4n) is 0.857. The fraction of sp³-hybridized carbons (Fsp3) is 1.00. The van der Waals surface area contributed by atoms with E-state index < -0.39 is 0 Å². The molecule has 1 atom stereocenters. The van der Waals surface area contributed by atoms with Gasteiger partial charge in [-0.15, -0.1) is 0 Å². The van der Waals surface area contributed by atoms with Crippen molar-refractivity contribution in [1.29, 1.82) is 0 Å². The molecule has 0 radical (unpaired) electrons. The number of hydrogen-bond acceptors (Lipinski definition) is 3. The van der Waals surface area contributed by atoms with Crippen molar-refractivity contribution >= 4 is 0 Å². The van der Waals surface area contributed by atoms with E-state index in [4.69, 9.17) is 15.3 Å². The van der Waals surface area contributed by atoms with E-state index >= 15 is 0 Å². The predicted octanol–water partition coefficient (Wildman–Crippen LogP) is -0.394. The molecule has 0 saturated heterocycles. The average molecular weight is 148 g/mol. The van der Waals surface area contributed by atoms with Crippen LogP contribution in [0.3, 0.4) is 0 Å². The first kappa shape index (κ1) is 9.88. The molecule has 1 unspecified atom stereocenters. The van der Waals surface area contributed by atoms with Crippen LogP contribution in [0.1, 0.15) is 13.3 Å². The van der Waals surface area contributed by atoms with Gasteiger partial charge in [-0.2, -0.15) is 0 Å². The Morgan fingerprint density at radius 3 is 1.90 bits per heavy atom. The van der Waals surface area contributed by atoms with Gasteiger partial charge in [-0.3, -0.25) is 0 Å². The molecule has 0 aliphatic carbocycles. The minimum Gasteiger partial charge on any atom is -0.396 e. The molecule has 0 aliphatic rings. The molecular formula is C7H16O3. The van der Waals surface area contributed by atoms with Crippen LogP contribution in [0.5, 0.6) is 0 Å². The third-order valence-corrected chi connectivity index (χ3v) is 1.86. The highest BCUT2D eigenvalue weighted by Crippen LogP contribution is 2.13. The van der Waals surface area contributed by atoms with Gasteiger partial charge in [0, 0.05) is 25.7 Å². The Morgan fingerprint density at radius 2 is 1.60 bits per heavy atom. The zero-order chi connectivity index (χ0) is 7.98.